The molecule has 2 aliphatic rings. The van der Waals surface area contributed by atoms with Crippen LogP contribution >= 0.6 is 0 Å². The number of carbonyl (C=O) groups excluding carboxylic acids is 1. The lowest BCUT2D eigenvalue weighted by Crippen LogP contribution is -2.36. The number of hydrogen-bond acceptors (Lipinski definition) is 3. The molecule has 1 heterocycles. The van der Waals surface area contributed by atoms with E-state index in [1.807, 2.05) is 0 Å². The molecule has 84 valence electrons. The molecule has 0 aromatic heterocycles. The Morgan fingerprint density at radius 3 is 2.93 bits per heavy atom. The number of rotatable bonds is 1. The summed E-state index contributed by atoms with van der Waals surface area (Å²) in [5.74, 6) is 1.20. The first-order chi connectivity index (χ1) is 7.09. The lowest BCUT2D eigenvalue weighted by Gasteiger charge is -2.34. The first-order valence-corrected chi connectivity index (χ1v) is 5.59. The summed E-state index contributed by atoms with van der Waals surface area (Å²) in [6, 6.07) is 0. The van der Waals surface area contributed by atoms with Crippen molar-refractivity contribution in [2.45, 2.75) is 39.9 Å². The fraction of sp³-hybridized carbons (Fsp3) is 0.750. The van der Waals surface area contributed by atoms with Crippen LogP contribution in [0.1, 0.15) is 33.6 Å². The first kappa shape index (κ1) is 10.5. The highest BCUT2D eigenvalue weighted by Crippen LogP contribution is 2.46. The summed E-state index contributed by atoms with van der Waals surface area (Å²) in [6.07, 6.45) is 3.78. The van der Waals surface area contributed by atoms with Gasteiger partial charge in [-0.3, -0.25) is 4.79 Å². The van der Waals surface area contributed by atoms with Gasteiger partial charge in [-0.1, -0.05) is 6.92 Å². The third-order valence-corrected chi connectivity index (χ3v) is 3.62. The van der Waals surface area contributed by atoms with Gasteiger partial charge in [-0.15, -0.1) is 0 Å². The van der Waals surface area contributed by atoms with Crippen molar-refractivity contribution in [1.82, 2.24) is 0 Å². The summed E-state index contributed by atoms with van der Waals surface area (Å²) in [5.41, 5.74) is 1.28. The Kier molecular flexibility index (Phi) is 2.72. The lowest BCUT2D eigenvalue weighted by atomic mass is 9.84. The van der Waals surface area contributed by atoms with Gasteiger partial charge in [0, 0.05) is 12.8 Å². The van der Waals surface area contributed by atoms with Crippen LogP contribution in [0, 0.1) is 17.8 Å². The SMILES string of the molecule is CC(=O)O[C@H]1OC=C(C)[C@H]2CC[C@H](C)[C@@H]12. The van der Waals surface area contributed by atoms with Crippen molar-refractivity contribution < 1.29 is 14.3 Å². The van der Waals surface area contributed by atoms with Gasteiger partial charge < -0.3 is 9.47 Å². The minimum absolute atomic E-state index is 0.259. The van der Waals surface area contributed by atoms with Gasteiger partial charge in [0.05, 0.1) is 6.26 Å². The average Bonchev–Trinajstić information content (AvgIpc) is 2.54. The van der Waals surface area contributed by atoms with Crippen molar-refractivity contribution in [3.8, 4) is 0 Å². The van der Waals surface area contributed by atoms with Gasteiger partial charge in [-0.25, -0.2) is 0 Å². The largest absolute Gasteiger partial charge is 0.462 e. The second kappa shape index (κ2) is 3.87. The zero-order valence-electron chi connectivity index (χ0n) is 9.53. The highest BCUT2D eigenvalue weighted by atomic mass is 16.7. The summed E-state index contributed by atoms with van der Waals surface area (Å²) in [6.45, 7) is 5.74. The van der Waals surface area contributed by atoms with E-state index in [0.717, 1.165) is 0 Å². The van der Waals surface area contributed by atoms with E-state index < -0.39 is 0 Å². The molecule has 1 fully saturated rings. The second-order valence-electron chi connectivity index (χ2n) is 4.71. The van der Waals surface area contributed by atoms with Crippen molar-refractivity contribution in [3.63, 3.8) is 0 Å². The van der Waals surface area contributed by atoms with Crippen LogP contribution in [0.5, 0.6) is 0 Å². The van der Waals surface area contributed by atoms with Crippen LogP contribution in [0.3, 0.4) is 0 Å². The van der Waals surface area contributed by atoms with E-state index >= 15 is 0 Å². The molecule has 0 radical (unpaired) electrons. The van der Waals surface area contributed by atoms with E-state index in [2.05, 4.69) is 13.8 Å². The van der Waals surface area contributed by atoms with Crippen LogP contribution < -0.4 is 0 Å². The van der Waals surface area contributed by atoms with Gasteiger partial charge in [0.2, 0.25) is 6.29 Å². The minimum Gasteiger partial charge on any atom is -0.462 e. The Morgan fingerprint density at radius 2 is 2.27 bits per heavy atom. The number of esters is 1. The standard InChI is InChI=1S/C12H18O3/c1-7-4-5-10-8(2)6-14-12(11(7)10)15-9(3)13/h6-7,10-12H,4-5H2,1-3H3/t7-,10+,11+,12+/m0/s1. The summed E-state index contributed by atoms with van der Waals surface area (Å²) < 4.78 is 10.7. The maximum absolute atomic E-state index is 11.0. The van der Waals surface area contributed by atoms with Gasteiger partial charge in [-0.2, -0.15) is 0 Å². The van der Waals surface area contributed by atoms with Crippen molar-refractivity contribution >= 4 is 5.97 Å². The topological polar surface area (TPSA) is 35.5 Å². The highest BCUT2D eigenvalue weighted by molar-refractivity contribution is 5.66. The van der Waals surface area contributed by atoms with E-state index in [1.165, 1.54) is 25.3 Å². The molecule has 4 atom stereocenters. The van der Waals surface area contributed by atoms with Crippen LogP contribution in [0.2, 0.25) is 0 Å². The molecule has 0 aromatic rings. The van der Waals surface area contributed by atoms with Gasteiger partial charge in [-0.05, 0) is 37.2 Å². The zero-order chi connectivity index (χ0) is 11.0. The van der Waals surface area contributed by atoms with Crippen LogP contribution in [-0.2, 0) is 14.3 Å². The van der Waals surface area contributed by atoms with E-state index in [0.29, 0.717) is 17.8 Å². The lowest BCUT2D eigenvalue weighted by molar-refractivity contribution is -0.184. The zero-order valence-corrected chi connectivity index (χ0v) is 9.53. The summed E-state index contributed by atoms with van der Waals surface area (Å²) in [7, 11) is 0. The maximum Gasteiger partial charge on any atom is 0.305 e. The Morgan fingerprint density at radius 1 is 1.53 bits per heavy atom. The molecular formula is C12H18O3. The van der Waals surface area contributed by atoms with Gasteiger partial charge in [0.15, 0.2) is 0 Å². The van der Waals surface area contributed by atoms with E-state index in [-0.39, 0.29) is 12.3 Å². The number of carbonyl (C=O) groups is 1. The van der Waals surface area contributed by atoms with Crippen LogP contribution in [0.25, 0.3) is 0 Å². The van der Waals surface area contributed by atoms with Crippen molar-refractivity contribution in [3.05, 3.63) is 11.8 Å². The van der Waals surface area contributed by atoms with Crippen LogP contribution in [-0.4, -0.2) is 12.3 Å². The van der Waals surface area contributed by atoms with E-state index in [4.69, 9.17) is 9.47 Å². The fourth-order valence-corrected chi connectivity index (χ4v) is 2.84. The Hall–Kier alpha value is -0.990. The van der Waals surface area contributed by atoms with E-state index in [9.17, 15) is 4.79 Å². The molecule has 0 spiro atoms. The quantitative estimate of drug-likeness (QED) is 0.624. The summed E-state index contributed by atoms with van der Waals surface area (Å²) in [4.78, 5) is 11.0. The third-order valence-electron chi connectivity index (χ3n) is 3.62. The molecule has 1 saturated carbocycles. The van der Waals surface area contributed by atoms with Gasteiger partial charge >= 0.3 is 5.97 Å². The summed E-state index contributed by atoms with van der Waals surface area (Å²) >= 11 is 0. The molecular weight excluding hydrogens is 192 g/mol. The molecule has 3 nitrogen and oxygen atoms in total. The predicted octanol–water partition coefficient (Wildman–Crippen LogP) is 2.47. The number of hydrogen-bond donors (Lipinski definition) is 0. The second-order valence-corrected chi connectivity index (χ2v) is 4.71. The predicted molar refractivity (Wildman–Crippen MR) is 55.8 cm³/mol. The van der Waals surface area contributed by atoms with Crippen molar-refractivity contribution in [1.29, 1.82) is 0 Å². The van der Waals surface area contributed by atoms with Crippen molar-refractivity contribution in [2.24, 2.45) is 17.8 Å². The Balaban J connectivity index is 2.16. The molecule has 0 saturated heterocycles. The smallest absolute Gasteiger partial charge is 0.305 e. The molecule has 0 unspecified atom stereocenters. The monoisotopic (exact) mass is 210 g/mol. The molecule has 1 aliphatic heterocycles. The molecule has 0 bridgehead atoms. The summed E-state index contributed by atoms with van der Waals surface area (Å²) in [5, 5.41) is 0. The van der Waals surface area contributed by atoms with Crippen LogP contribution in [0.15, 0.2) is 11.8 Å². The Bertz CT molecular complexity index is 295. The Labute approximate surface area is 90.4 Å². The molecule has 0 aromatic carbocycles. The number of allylic oxidation sites excluding steroid dienone is 1. The third kappa shape index (κ3) is 1.87. The molecule has 0 N–H and O–H groups in total. The highest BCUT2D eigenvalue weighted by Gasteiger charge is 2.44. The van der Waals surface area contributed by atoms with Crippen molar-refractivity contribution in [2.75, 3.05) is 0 Å². The van der Waals surface area contributed by atoms with Gasteiger partial charge in [0.25, 0.3) is 0 Å². The minimum atomic E-state index is -0.367. The normalized spacial score (nSPS) is 39.0. The maximum atomic E-state index is 11.0. The molecule has 2 rings (SSSR count). The van der Waals surface area contributed by atoms with Gasteiger partial charge in [0.1, 0.15) is 0 Å². The number of ether oxygens (including phenoxy) is 2. The first-order valence-electron chi connectivity index (χ1n) is 5.59. The molecule has 0 amide bonds. The van der Waals surface area contributed by atoms with E-state index in [1.54, 1.807) is 6.26 Å². The molecule has 1 aliphatic carbocycles. The molecule has 3 heteroatoms. The number of fused-ring (bicyclic) bond motifs is 1. The fourth-order valence-electron chi connectivity index (χ4n) is 2.84. The average molecular weight is 210 g/mol. The van der Waals surface area contributed by atoms with Crippen LogP contribution in [0.4, 0.5) is 0 Å². The molecule has 15 heavy (non-hydrogen) atoms.